The highest BCUT2D eigenvalue weighted by Gasteiger charge is 2.23. The number of aromatic amines is 1. The number of fused-ring (bicyclic) bond motifs is 1. The van der Waals surface area contributed by atoms with Crippen molar-refractivity contribution < 1.29 is 9.53 Å². The number of carbonyl (C=O) groups excluding carboxylic acids is 1. The number of rotatable bonds is 7. The van der Waals surface area contributed by atoms with Gasteiger partial charge >= 0.3 is 0 Å². The average Bonchev–Trinajstić information content (AvgIpc) is 3.49. The Hall–Kier alpha value is -3.84. The van der Waals surface area contributed by atoms with Crippen molar-refractivity contribution in [1.82, 2.24) is 19.9 Å². The Kier molecular flexibility index (Phi) is 6.42. The second-order valence-electron chi connectivity index (χ2n) is 8.42. The third kappa shape index (κ3) is 4.86. The van der Waals surface area contributed by atoms with Gasteiger partial charge in [-0.25, -0.2) is 4.98 Å². The Morgan fingerprint density at radius 1 is 1.09 bits per heavy atom. The van der Waals surface area contributed by atoms with Crippen LogP contribution in [-0.4, -0.2) is 27.6 Å². The summed E-state index contributed by atoms with van der Waals surface area (Å²) in [6.07, 6.45) is 2.45. The van der Waals surface area contributed by atoms with Crippen LogP contribution >= 0.6 is 15.9 Å². The van der Waals surface area contributed by atoms with Gasteiger partial charge in [-0.3, -0.25) is 4.79 Å². The van der Waals surface area contributed by atoms with Crippen LogP contribution in [0.25, 0.3) is 22.2 Å². The number of hydrogen-bond acceptors (Lipinski definition) is 3. The van der Waals surface area contributed by atoms with Crippen molar-refractivity contribution in [1.29, 1.82) is 0 Å². The normalized spacial score (nSPS) is 12.0. The van der Waals surface area contributed by atoms with Crippen LogP contribution in [0.4, 0.5) is 0 Å². The SMILES string of the molecule is COc1ccc(-c2cnc(C(Cc3ccc(Br)cc3)NC(=O)c3cc4ccccc4[nH]3)n2C)cc1. The maximum Gasteiger partial charge on any atom is 0.268 e. The van der Waals surface area contributed by atoms with Gasteiger partial charge in [0.25, 0.3) is 5.91 Å². The summed E-state index contributed by atoms with van der Waals surface area (Å²) in [6.45, 7) is 0. The van der Waals surface area contributed by atoms with E-state index in [1.54, 1.807) is 7.11 Å². The Labute approximate surface area is 212 Å². The third-order valence-electron chi connectivity index (χ3n) is 6.15. The zero-order valence-corrected chi connectivity index (χ0v) is 21.0. The van der Waals surface area contributed by atoms with E-state index < -0.39 is 0 Å². The molecule has 0 fully saturated rings. The van der Waals surface area contributed by atoms with E-state index in [9.17, 15) is 4.79 Å². The van der Waals surface area contributed by atoms with Crippen LogP contribution in [0.15, 0.2) is 89.5 Å². The molecule has 0 bridgehead atoms. The number of H-pyrrole nitrogens is 1. The van der Waals surface area contributed by atoms with E-state index in [2.05, 4.69) is 38.4 Å². The molecule has 0 aliphatic heterocycles. The van der Waals surface area contributed by atoms with E-state index in [1.165, 1.54) is 0 Å². The van der Waals surface area contributed by atoms with Crippen LogP contribution in [0.5, 0.6) is 5.75 Å². The number of amides is 1. The highest BCUT2D eigenvalue weighted by molar-refractivity contribution is 9.10. The van der Waals surface area contributed by atoms with Gasteiger partial charge in [0.05, 0.1) is 25.0 Å². The number of hydrogen-bond donors (Lipinski definition) is 2. The van der Waals surface area contributed by atoms with Gasteiger partial charge in [0, 0.05) is 28.0 Å². The first-order valence-corrected chi connectivity index (χ1v) is 12.1. The number of imidazole rings is 1. The minimum Gasteiger partial charge on any atom is -0.497 e. The van der Waals surface area contributed by atoms with E-state index in [1.807, 2.05) is 84.5 Å². The smallest absolute Gasteiger partial charge is 0.268 e. The molecule has 176 valence electrons. The molecular weight excluding hydrogens is 504 g/mol. The lowest BCUT2D eigenvalue weighted by molar-refractivity contribution is 0.0930. The van der Waals surface area contributed by atoms with Crippen molar-refractivity contribution in [3.05, 3.63) is 107 Å². The lowest BCUT2D eigenvalue weighted by atomic mass is 10.0. The molecule has 0 aliphatic carbocycles. The zero-order valence-electron chi connectivity index (χ0n) is 19.5. The number of ether oxygens (including phenoxy) is 1. The van der Waals surface area contributed by atoms with Gasteiger partial charge in [0.1, 0.15) is 17.3 Å². The molecule has 1 unspecified atom stereocenters. The van der Waals surface area contributed by atoms with Crippen LogP contribution in [-0.2, 0) is 13.5 Å². The predicted molar refractivity (Wildman–Crippen MR) is 142 cm³/mol. The van der Waals surface area contributed by atoms with Crippen LogP contribution < -0.4 is 10.1 Å². The van der Waals surface area contributed by atoms with Crippen molar-refractivity contribution in [2.75, 3.05) is 7.11 Å². The number of aromatic nitrogens is 3. The molecule has 5 aromatic rings. The number of para-hydroxylation sites is 1. The maximum atomic E-state index is 13.3. The van der Waals surface area contributed by atoms with Gasteiger partial charge in [-0.2, -0.15) is 0 Å². The van der Waals surface area contributed by atoms with Crippen molar-refractivity contribution in [2.45, 2.75) is 12.5 Å². The van der Waals surface area contributed by atoms with Gasteiger partial charge in [0.15, 0.2) is 0 Å². The minimum absolute atomic E-state index is 0.169. The molecule has 0 saturated heterocycles. The number of nitrogens with one attached hydrogen (secondary N) is 2. The molecule has 1 amide bonds. The third-order valence-corrected chi connectivity index (χ3v) is 6.68. The van der Waals surface area contributed by atoms with E-state index in [4.69, 9.17) is 9.72 Å². The Morgan fingerprint density at radius 3 is 2.54 bits per heavy atom. The predicted octanol–water partition coefficient (Wildman–Crippen LogP) is 6.05. The topological polar surface area (TPSA) is 71.9 Å². The van der Waals surface area contributed by atoms with Crippen LogP contribution in [0, 0.1) is 0 Å². The average molecular weight is 529 g/mol. The first kappa shape index (κ1) is 22.9. The second kappa shape index (κ2) is 9.80. The van der Waals surface area contributed by atoms with Gasteiger partial charge in [0.2, 0.25) is 0 Å². The summed E-state index contributed by atoms with van der Waals surface area (Å²) < 4.78 is 8.34. The summed E-state index contributed by atoms with van der Waals surface area (Å²) in [6, 6.07) is 25.4. The molecule has 0 saturated carbocycles. The minimum atomic E-state index is -0.327. The van der Waals surface area contributed by atoms with Crippen molar-refractivity contribution >= 4 is 32.7 Å². The molecular formula is C28H25BrN4O2. The second-order valence-corrected chi connectivity index (χ2v) is 9.33. The van der Waals surface area contributed by atoms with E-state index in [0.29, 0.717) is 12.1 Å². The van der Waals surface area contributed by atoms with Gasteiger partial charge in [-0.15, -0.1) is 0 Å². The molecule has 2 aromatic heterocycles. The van der Waals surface area contributed by atoms with Gasteiger partial charge in [-0.1, -0.05) is 46.3 Å². The molecule has 1 atom stereocenters. The summed E-state index contributed by atoms with van der Waals surface area (Å²) in [5.74, 6) is 1.41. The van der Waals surface area contributed by atoms with Crippen LogP contribution in [0.3, 0.4) is 0 Å². The highest BCUT2D eigenvalue weighted by Crippen LogP contribution is 2.27. The summed E-state index contributed by atoms with van der Waals surface area (Å²) in [5.41, 5.74) is 4.54. The van der Waals surface area contributed by atoms with E-state index in [0.717, 1.165) is 43.8 Å². The summed E-state index contributed by atoms with van der Waals surface area (Å²) in [7, 11) is 3.63. The quantitative estimate of drug-likeness (QED) is 0.270. The maximum absolute atomic E-state index is 13.3. The molecule has 5 rings (SSSR count). The van der Waals surface area contributed by atoms with Gasteiger partial charge in [-0.05, 0) is 60.5 Å². The molecule has 0 spiro atoms. The van der Waals surface area contributed by atoms with Crippen molar-refractivity contribution in [3.8, 4) is 17.0 Å². The van der Waals surface area contributed by atoms with Crippen LogP contribution in [0.1, 0.15) is 27.9 Å². The fraction of sp³-hybridized carbons (Fsp3) is 0.143. The molecule has 2 N–H and O–H groups in total. The Morgan fingerprint density at radius 2 is 1.83 bits per heavy atom. The molecule has 3 aromatic carbocycles. The number of halogens is 1. The number of benzene rings is 3. The molecule has 0 radical (unpaired) electrons. The van der Waals surface area contributed by atoms with Crippen molar-refractivity contribution in [2.24, 2.45) is 7.05 Å². The molecule has 6 nitrogen and oxygen atoms in total. The van der Waals surface area contributed by atoms with E-state index in [-0.39, 0.29) is 11.9 Å². The lowest BCUT2D eigenvalue weighted by Crippen LogP contribution is -2.32. The molecule has 7 heteroatoms. The Balaban J connectivity index is 1.47. The summed E-state index contributed by atoms with van der Waals surface area (Å²) in [4.78, 5) is 21.3. The highest BCUT2D eigenvalue weighted by atomic mass is 79.9. The molecule has 2 heterocycles. The number of nitrogens with zero attached hydrogens (tertiary/aromatic N) is 2. The molecule has 35 heavy (non-hydrogen) atoms. The van der Waals surface area contributed by atoms with Gasteiger partial charge < -0.3 is 19.6 Å². The first-order valence-electron chi connectivity index (χ1n) is 11.3. The Bertz CT molecular complexity index is 1440. The van der Waals surface area contributed by atoms with Crippen LogP contribution in [0.2, 0.25) is 0 Å². The standard InChI is InChI=1S/C28H25BrN4O2/c1-33-26(19-9-13-22(35-2)14-10-19)17-30-27(33)24(15-18-7-11-21(29)12-8-18)32-28(34)25-16-20-5-3-4-6-23(20)31-25/h3-14,16-17,24,31H,15H2,1-2H3,(H,32,34). The number of methoxy groups -OCH3 is 1. The first-order chi connectivity index (χ1) is 17.0. The number of carbonyl (C=O) groups is 1. The lowest BCUT2D eigenvalue weighted by Gasteiger charge is -2.19. The summed E-state index contributed by atoms with van der Waals surface area (Å²) >= 11 is 3.50. The van der Waals surface area contributed by atoms with E-state index >= 15 is 0 Å². The van der Waals surface area contributed by atoms with Crippen molar-refractivity contribution in [3.63, 3.8) is 0 Å². The monoisotopic (exact) mass is 528 g/mol. The zero-order chi connectivity index (χ0) is 24.4. The molecule has 0 aliphatic rings. The largest absolute Gasteiger partial charge is 0.497 e. The fourth-order valence-electron chi connectivity index (χ4n) is 4.27. The summed E-state index contributed by atoms with van der Waals surface area (Å²) in [5, 5.41) is 4.21. The fourth-order valence-corrected chi connectivity index (χ4v) is 4.54.